The molecule has 2 aromatic carbocycles. The molecule has 0 bridgehead atoms. The van der Waals surface area contributed by atoms with Crippen molar-refractivity contribution in [3.8, 4) is 17.5 Å². The second kappa shape index (κ2) is 12.7. The van der Waals surface area contributed by atoms with Crippen LogP contribution in [-0.2, 0) is 22.7 Å². The molecule has 0 atom stereocenters. The number of nitrogens with zero attached hydrogens (tertiary/aromatic N) is 6. The highest BCUT2D eigenvalue weighted by atomic mass is 16.5. The molecular formula is C30H37N7O3. The molecule has 10 nitrogen and oxygen atoms in total. The van der Waals surface area contributed by atoms with Gasteiger partial charge in [-0.15, -0.1) is 0 Å². The monoisotopic (exact) mass is 543 g/mol. The SMILES string of the molecule is Cc1nc(-c2ccc(C)c(N(CC(=O)NCCCC(C)C)CC(=O)N(C)N3Cc4ccc(C#N)cc4C3)c2)no1. The van der Waals surface area contributed by atoms with Gasteiger partial charge in [0, 0.05) is 44.9 Å². The van der Waals surface area contributed by atoms with Gasteiger partial charge < -0.3 is 14.7 Å². The first-order chi connectivity index (χ1) is 19.1. The van der Waals surface area contributed by atoms with Crippen molar-refractivity contribution in [1.82, 2.24) is 25.5 Å². The Labute approximate surface area is 235 Å². The summed E-state index contributed by atoms with van der Waals surface area (Å²) in [6.45, 7) is 9.74. The van der Waals surface area contributed by atoms with Crippen molar-refractivity contribution in [3.63, 3.8) is 0 Å². The lowest BCUT2D eigenvalue weighted by Gasteiger charge is -2.32. The molecule has 0 saturated carbocycles. The number of carbonyl (C=O) groups is 2. The summed E-state index contributed by atoms with van der Waals surface area (Å²) >= 11 is 0. The molecule has 1 aliphatic heterocycles. The lowest BCUT2D eigenvalue weighted by molar-refractivity contribution is -0.145. The van der Waals surface area contributed by atoms with Crippen LogP contribution in [0.4, 0.5) is 5.69 Å². The van der Waals surface area contributed by atoms with E-state index < -0.39 is 0 Å². The van der Waals surface area contributed by atoms with Crippen molar-refractivity contribution in [2.75, 3.05) is 31.6 Å². The van der Waals surface area contributed by atoms with Gasteiger partial charge in [0.05, 0.1) is 24.7 Å². The van der Waals surface area contributed by atoms with Gasteiger partial charge in [0.2, 0.25) is 17.6 Å². The molecule has 1 aliphatic rings. The molecule has 1 aromatic heterocycles. The molecule has 2 heterocycles. The smallest absolute Gasteiger partial charge is 0.256 e. The summed E-state index contributed by atoms with van der Waals surface area (Å²) in [5.74, 6) is 1.19. The first-order valence-corrected chi connectivity index (χ1v) is 13.6. The predicted octanol–water partition coefficient (Wildman–Crippen LogP) is 3.97. The summed E-state index contributed by atoms with van der Waals surface area (Å²) in [6.07, 6.45) is 1.94. The number of hydrogen-bond donors (Lipinski definition) is 1. The van der Waals surface area contributed by atoms with Gasteiger partial charge in [-0.3, -0.25) is 14.6 Å². The van der Waals surface area contributed by atoms with E-state index in [-0.39, 0.29) is 24.9 Å². The third-order valence-electron chi connectivity index (χ3n) is 7.10. The molecule has 10 heteroatoms. The molecule has 210 valence electrons. The van der Waals surface area contributed by atoms with E-state index in [2.05, 4.69) is 35.4 Å². The molecule has 4 rings (SSSR count). The second-order valence-corrected chi connectivity index (χ2v) is 10.7. The highest BCUT2D eigenvalue weighted by Crippen LogP contribution is 2.28. The van der Waals surface area contributed by atoms with Gasteiger partial charge in [0.1, 0.15) is 0 Å². The Morgan fingerprint density at radius 3 is 2.60 bits per heavy atom. The number of anilines is 1. The van der Waals surface area contributed by atoms with E-state index >= 15 is 0 Å². The molecule has 2 amide bonds. The lowest BCUT2D eigenvalue weighted by atomic mass is 10.1. The normalized spacial score (nSPS) is 12.7. The van der Waals surface area contributed by atoms with Gasteiger partial charge in [0.15, 0.2) is 0 Å². The minimum atomic E-state index is -0.152. The molecule has 0 fully saturated rings. The van der Waals surface area contributed by atoms with Crippen LogP contribution in [0.1, 0.15) is 54.8 Å². The van der Waals surface area contributed by atoms with Gasteiger partial charge >= 0.3 is 0 Å². The fraction of sp³-hybridized carbons (Fsp3) is 0.433. The molecule has 3 aromatic rings. The Morgan fingerprint density at radius 2 is 1.90 bits per heavy atom. The minimum absolute atomic E-state index is 0.00176. The summed E-state index contributed by atoms with van der Waals surface area (Å²) in [5.41, 5.74) is 5.15. The number of hydrazine groups is 1. The van der Waals surface area contributed by atoms with E-state index in [4.69, 9.17) is 4.52 Å². The fourth-order valence-electron chi connectivity index (χ4n) is 4.78. The number of aryl methyl sites for hydroxylation is 2. The molecule has 0 unspecified atom stereocenters. The average molecular weight is 544 g/mol. The van der Waals surface area contributed by atoms with Crippen LogP contribution in [0.15, 0.2) is 40.9 Å². The Morgan fingerprint density at radius 1 is 1.12 bits per heavy atom. The molecule has 0 saturated heterocycles. The number of fused-ring (bicyclic) bond motifs is 1. The third kappa shape index (κ3) is 7.04. The molecule has 40 heavy (non-hydrogen) atoms. The van der Waals surface area contributed by atoms with E-state index in [0.717, 1.165) is 40.8 Å². The van der Waals surface area contributed by atoms with Crippen LogP contribution in [0.25, 0.3) is 11.4 Å². The largest absolute Gasteiger partial charge is 0.355 e. The second-order valence-electron chi connectivity index (χ2n) is 10.7. The highest BCUT2D eigenvalue weighted by Gasteiger charge is 2.27. The maximum atomic E-state index is 13.6. The van der Waals surface area contributed by atoms with Crippen LogP contribution in [0.3, 0.4) is 0 Å². The lowest BCUT2D eigenvalue weighted by Crippen LogP contribution is -2.48. The first kappa shape index (κ1) is 28.8. The summed E-state index contributed by atoms with van der Waals surface area (Å²) in [6, 6.07) is 13.5. The van der Waals surface area contributed by atoms with Crippen LogP contribution < -0.4 is 10.2 Å². The Bertz CT molecular complexity index is 1410. The van der Waals surface area contributed by atoms with Crippen molar-refractivity contribution in [1.29, 1.82) is 5.26 Å². The predicted molar refractivity (Wildman–Crippen MR) is 152 cm³/mol. The summed E-state index contributed by atoms with van der Waals surface area (Å²) in [7, 11) is 1.74. The number of carbonyl (C=O) groups excluding carboxylic acids is 2. The van der Waals surface area contributed by atoms with Crippen molar-refractivity contribution in [2.24, 2.45) is 5.92 Å². The zero-order chi connectivity index (χ0) is 28.8. The first-order valence-electron chi connectivity index (χ1n) is 13.6. The Balaban J connectivity index is 1.52. The molecular weight excluding hydrogens is 506 g/mol. The standard InChI is InChI=1S/C30H37N7O3/c1-20(2)7-6-12-32-28(38)18-36(27-14-24(10-8-21(27)3)30-33-22(4)40-34-30)19-29(39)35(5)37-16-25-11-9-23(15-31)13-26(25)17-37/h8-11,13-14,20H,6-7,12,16-19H2,1-5H3,(H,32,38). The molecule has 0 radical (unpaired) electrons. The number of aromatic nitrogens is 2. The number of nitrogens with one attached hydrogen (secondary N) is 1. The van der Waals surface area contributed by atoms with Crippen molar-refractivity contribution >= 4 is 17.5 Å². The number of benzene rings is 2. The van der Waals surface area contributed by atoms with Crippen molar-refractivity contribution in [2.45, 2.75) is 53.6 Å². The van der Waals surface area contributed by atoms with Crippen LogP contribution in [0.5, 0.6) is 0 Å². The van der Waals surface area contributed by atoms with E-state index in [1.165, 1.54) is 0 Å². The van der Waals surface area contributed by atoms with Gasteiger partial charge in [-0.1, -0.05) is 37.2 Å². The number of hydrogen-bond acceptors (Lipinski definition) is 8. The molecule has 0 spiro atoms. The van der Waals surface area contributed by atoms with Crippen LogP contribution >= 0.6 is 0 Å². The zero-order valence-corrected chi connectivity index (χ0v) is 23.9. The van der Waals surface area contributed by atoms with E-state index in [1.807, 2.05) is 42.3 Å². The summed E-state index contributed by atoms with van der Waals surface area (Å²) in [4.78, 5) is 32.7. The van der Waals surface area contributed by atoms with Crippen LogP contribution in [-0.4, -0.2) is 58.7 Å². The number of nitriles is 1. The van der Waals surface area contributed by atoms with Crippen molar-refractivity contribution in [3.05, 3.63) is 64.5 Å². The quantitative estimate of drug-likeness (QED) is 0.361. The van der Waals surface area contributed by atoms with E-state index in [0.29, 0.717) is 42.8 Å². The van der Waals surface area contributed by atoms with Crippen molar-refractivity contribution < 1.29 is 14.1 Å². The van der Waals surface area contributed by atoms with Crippen LogP contribution in [0, 0.1) is 31.1 Å². The third-order valence-corrected chi connectivity index (χ3v) is 7.10. The Hall–Kier alpha value is -4.23. The number of amides is 2. The van der Waals surface area contributed by atoms with Crippen LogP contribution in [0.2, 0.25) is 0 Å². The maximum Gasteiger partial charge on any atom is 0.256 e. The van der Waals surface area contributed by atoms with Gasteiger partial charge in [-0.05, 0) is 60.6 Å². The minimum Gasteiger partial charge on any atom is -0.355 e. The highest BCUT2D eigenvalue weighted by molar-refractivity contribution is 5.87. The maximum absolute atomic E-state index is 13.6. The summed E-state index contributed by atoms with van der Waals surface area (Å²) in [5, 5.41) is 19.8. The van der Waals surface area contributed by atoms with Gasteiger partial charge in [0.25, 0.3) is 5.91 Å². The number of likely N-dealkylation sites (N-methyl/N-ethyl adjacent to an activating group) is 1. The molecule has 0 aliphatic carbocycles. The van der Waals surface area contributed by atoms with Gasteiger partial charge in [-0.25, -0.2) is 5.01 Å². The fourth-order valence-corrected chi connectivity index (χ4v) is 4.78. The average Bonchev–Trinajstić information content (AvgIpc) is 3.56. The van der Waals surface area contributed by atoms with E-state index in [1.54, 1.807) is 29.9 Å². The summed E-state index contributed by atoms with van der Waals surface area (Å²) < 4.78 is 5.16. The molecule has 1 N–H and O–H groups in total. The van der Waals surface area contributed by atoms with E-state index in [9.17, 15) is 14.9 Å². The Kier molecular flexibility index (Phi) is 9.17. The number of rotatable bonds is 11. The topological polar surface area (TPSA) is 119 Å². The zero-order valence-electron chi connectivity index (χ0n) is 23.9. The van der Waals surface area contributed by atoms with Gasteiger partial charge in [-0.2, -0.15) is 10.2 Å².